The van der Waals surface area contributed by atoms with Crippen LogP contribution >= 0.6 is 0 Å². The van der Waals surface area contributed by atoms with E-state index in [1.54, 1.807) is 25.5 Å². The average Bonchev–Trinajstić information content (AvgIpc) is 3.05. The van der Waals surface area contributed by atoms with Crippen LogP contribution in [0.1, 0.15) is 48.8 Å². The zero-order chi connectivity index (χ0) is 15.5. The van der Waals surface area contributed by atoms with Crippen LogP contribution in [0.25, 0.3) is 0 Å². The van der Waals surface area contributed by atoms with E-state index in [0.29, 0.717) is 11.5 Å². The monoisotopic (exact) mass is 292 g/mol. The summed E-state index contributed by atoms with van der Waals surface area (Å²) in [6, 6.07) is 4.95. The zero-order valence-corrected chi connectivity index (χ0v) is 12.7. The highest BCUT2D eigenvalue weighted by molar-refractivity contribution is 5.92. The van der Waals surface area contributed by atoms with Crippen molar-refractivity contribution in [2.75, 3.05) is 7.11 Å². The number of nitrogens with zero attached hydrogens (tertiary/aromatic N) is 1. The maximum atomic E-state index is 12.3. The molecule has 0 aliphatic rings. The van der Waals surface area contributed by atoms with Crippen molar-refractivity contribution < 1.29 is 18.5 Å². The molecule has 2 rings (SSSR count). The van der Waals surface area contributed by atoms with Gasteiger partial charge < -0.3 is 19.0 Å². The van der Waals surface area contributed by atoms with Gasteiger partial charge in [-0.2, -0.15) is 0 Å². The Hall–Kier alpha value is -2.08. The molecule has 2 heterocycles. The van der Waals surface area contributed by atoms with Crippen LogP contribution < -0.4 is 5.32 Å². The fourth-order valence-electron chi connectivity index (χ4n) is 2.01. The Labute approximate surface area is 123 Å². The minimum atomic E-state index is -0.308. The largest absolute Gasteiger partial charge is 0.467 e. The van der Waals surface area contributed by atoms with Crippen molar-refractivity contribution in [1.29, 1.82) is 0 Å². The molecular weight excluding hydrogens is 272 g/mol. The first-order valence-corrected chi connectivity index (χ1v) is 6.70. The third kappa shape index (κ3) is 3.72. The van der Waals surface area contributed by atoms with Crippen LogP contribution in [0, 0.1) is 5.41 Å². The molecule has 1 N–H and O–H groups in total. The van der Waals surface area contributed by atoms with Gasteiger partial charge in [-0.3, -0.25) is 4.79 Å². The molecule has 6 heteroatoms. The molecule has 0 spiro atoms. The van der Waals surface area contributed by atoms with Crippen LogP contribution in [0.2, 0.25) is 0 Å². The Balaban J connectivity index is 2.14. The molecule has 1 unspecified atom stereocenters. The van der Waals surface area contributed by atoms with Gasteiger partial charge in [-0.15, -0.1) is 0 Å². The summed E-state index contributed by atoms with van der Waals surface area (Å²) in [4.78, 5) is 12.3. The van der Waals surface area contributed by atoms with E-state index in [9.17, 15) is 4.79 Å². The number of ether oxygens (including phenoxy) is 1. The predicted molar refractivity (Wildman–Crippen MR) is 75.6 cm³/mol. The molecule has 0 bridgehead atoms. The first-order chi connectivity index (χ1) is 9.91. The van der Waals surface area contributed by atoms with E-state index in [2.05, 4.69) is 10.5 Å². The van der Waals surface area contributed by atoms with E-state index >= 15 is 0 Å². The van der Waals surface area contributed by atoms with Crippen molar-refractivity contribution in [2.45, 2.75) is 33.4 Å². The minimum absolute atomic E-state index is 0.202. The highest BCUT2D eigenvalue weighted by Gasteiger charge is 2.31. The van der Waals surface area contributed by atoms with E-state index in [0.717, 1.165) is 0 Å². The number of hydrogen-bond donors (Lipinski definition) is 1. The van der Waals surface area contributed by atoms with Gasteiger partial charge in [-0.1, -0.05) is 25.9 Å². The molecule has 6 nitrogen and oxygen atoms in total. The van der Waals surface area contributed by atoms with Gasteiger partial charge in [0.05, 0.1) is 12.3 Å². The van der Waals surface area contributed by atoms with Gasteiger partial charge in [0.2, 0.25) is 0 Å². The summed E-state index contributed by atoms with van der Waals surface area (Å²) in [6.07, 6.45) is 1.59. The molecule has 0 saturated heterocycles. The Kier molecular flexibility index (Phi) is 4.47. The normalized spacial score (nSPS) is 13.1. The lowest BCUT2D eigenvalue weighted by Gasteiger charge is -2.29. The van der Waals surface area contributed by atoms with Crippen LogP contribution in [0.5, 0.6) is 0 Å². The summed E-state index contributed by atoms with van der Waals surface area (Å²) in [6.45, 7) is 6.36. The number of aromatic nitrogens is 1. The first kappa shape index (κ1) is 15.3. The summed E-state index contributed by atoms with van der Waals surface area (Å²) < 4.78 is 15.4. The molecule has 21 heavy (non-hydrogen) atoms. The lowest BCUT2D eigenvalue weighted by molar-refractivity contribution is 0.0879. The fraction of sp³-hybridized carbons (Fsp3) is 0.467. The summed E-state index contributed by atoms with van der Waals surface area (Å²) in [5.74, 6) is 0.904. The summed E-state index contributed by atoms with van der Waals surface area (Å²) in [7, 11) is 1.55. The number of amides is 1. The number of carbonyl (C=O) groups is 1. The first-order valence-electron chi connectivity index (χ1n) is 6.70. The SMILES string of the molecule is COCc1cc(C(=O)NC(c2ccco2)C(C)(C)C)no1. The predicted octanol–water partition coefficient (Wildman–Crippen LogP) is 2.93. The van der Waals surface area contributed by atoms with Crippen molar-refractivity contribution in [3.63, 3.8) is 0 Å². The molecule has 114 valence electrons. The topological polar surface area (TPSA) is 77.5 Å². The zero-order valence-electron chi connectivity index (χ0n) is 12.7. The molecule has 0 aliphatic carbocycles. The Bertz CT molecular complexity index is 581. The van der Waals surface area contributed by atoms with Crippen molar-refractivity contribution in [2.24, 2.45) is 5.41 Å². The number of carbonyl (C=O) groups excluding carboxylic acids is 1. The lowest BCUT2D eigenvalue weighted by atomic mass is 9.85. The quantitative estimate of drug-likeness (QED) is 0.916. The van der Waals surface area contributed by atoms with Gasteiger partial charge in [0, 0.05) is 13.2 Å². The molecule has 2 aromatic heterocycles. The number of hydrogen-bond acceptors (Lipinski definition) is 5. The Morgan fingerprint density at radius 3 is 2.81 bits per heavy atom. The van der Waals surface area contributed by atoms with Gasteiger partial charge in [-0.25, -0.2) is 0 Å². The highest BCUT2D eigenvalue weighted by atomic mass is 16.5. The summed E-state index contributed by atoms with van der Waals surface area (Å²) >= 11 is 0. The van der Waals surface area contributed by atoms with Gasteiger partial charge in [0.15, 0.2) is 11.5 Å². The summed E-state index contributed by atoms with van der Waals surface area (Å²) in [5, 5.41) is 6.69. The van der Waals surface area contributed by atoms with E-state index in [4.69, 9.17) is 13.7 Å². The smallest absolute Gasteiger partial charge is 0.274 e. The second-order valence-electron chi connectivity index (χ2n) is 5.90. The van der Waals surface area contributed by atoms with Gasteiger partial charge >= 0.3 is 0 Å². The molecular formula is C15H20N2O4. The number of nitrogens with one attached hydrogen (secondary N) is 1. The van der Waals surface area contributed by atoms with Crippen LogP contribution in [0.3, 0.4) is 0 Å². The molecule has 1 amide bonds. The van der Waals surface area contributed by atoms with E-state index < -0.39 is 0 Å². The summed E-state index contributed by atoms with van der Waals surface area (Å²) in [5.41, 5.74) is 0.0231. The van der Waals surface area contributed by atoms with Crippen LogP contribution in [0.15, 0.2) is 33.4 Å². The maximum Gasteiger partial charge on any atom is 0.274 e. The van der Waals surface area contributed by atoms with Crippen molar-refractivity contribution in [3.8, 4) is 0 Å². The van der Waals surface area contributed by atoms with Crippen molar-refractivity contribution in [3.05, 3.63) is 41.7 Å². The van der Waals surface area contributed by atoms with E-state index in [1.165, 1.54) is 0 Å². The number of furan rings is 1. The molecule has 0 radical (unpaired) electrons. The third-order valence-corrected chi connectivity index (χ3v) is 3.05. The van der Waals surface area contributed by atoms with Gasteiger partial charge in [0.25, 0.3) is 5.91 Å². The van der Waals surface area contributed by atoms with Crippen LogP contribution in [-0.4, -0.2) is 18.2 Å². The lowest BCUT2D eigenvalue weighted by Crippen LogP contribution is -2.36. The third-order valence-electron chi connectivity index (χ3n) is 3.05. The highest BCUT2D eigenvalue weighted by Crippen LogP contribution is 2.33. The standard InChI is InChI=1S/C15H20N2O4/c1-15(2,3)13(12-6-5-7-20-12)16-14(18)11-8-10(9-19-4)21-17-11/h5-8,13H,9H2,1-4H3,(H,16,18). The fourth-order valence-corrected chi connectivity index (χ4v) is 2.01. The maximum absolute atomic E-state index is 12.3. The Morgan fingerprint density at radius 2 is 2.24 bits per heavy atom. The minimum Gasteiger partial charge on any atom is -0.467 e. The van der Waals surface area contributed by atoms with Crippen LogP contribution in [0.4, 0.5) is 0 Å². The average molecular weight is 292 g/mol. The van der Waals surface area contributed by atoms with Crippen LogP contribution in [-0.2, 0) is 11.3 Å². The molecule has 0 saturated carbocycles. The van der Waals surface area contributed by atoms with E-state index in [1.807, 2.05) is 26.8 Å². The second kappa shape index (κ2) is 6.13. The van der Waals surface area contributed by atoms with E-state index in [-0.39, 0.29) is 29.7 Å². The molecule has 0 aromatic carbocycles. The molecule has 2 aromatic rings. The number of rotatable bonds is 5. The Morgan fingerprint density at radius 1 is 1.48 bits per heavy atom. The van der Waals surface area contributed by atoms with Crippen molar-refractivity contribution in [1.82, 2.24) is 10.5 Å². The van der Waals surface area contributed by atoms with Crippen molar-refractivity contribution >= 4 is 5.91 Å². The second-order valence-corrected chi connectivity index (χ2v) is 5.90. The van der Waals surface area contributed by atoms with Gasteiger partial charge in [0.1, 0.15) is 12.4 Å². The number of methoxy groups -OCH3 is 1. The molecule has 0 fully saturated rings. The molecule has 1 atom stereocenters. The molecule has 0 aliphatic heterocycles. The van der Waals surface area contributed by atoms with Gasteiger partial charge in [-0.05, 0) is 17.5 Å².